The van der Waals surface area contributed by atoms with Crippen molar-refractivity contribution in [2.24, 2.45) is 0 Å². The Hall–Kier alpha value is -1.06. The van der Waals surface area contributed by atoms with Crippen LogP contribution in [0.5, 0.6) is 0 Å². The van der Waals surface area contributed by atoms with Crippen LogP contribution >= 0.6 is 11.6 Å². The molecule has 0 aliphatic carbocycles. The largest absolute Gasteiger partial charge is 0.467 e. The molecule has 1 saturated heterocycles. The van der Waals surface area contributed by atoms with Crippen molar-refractivity contribution >= 4 is 17.6 Å². The molecule has 0 radical (unpaired) electrons. The second-order valence-corrected chi connectivity index (χ2v) is 3.49. The van der Waals surface area contributed by atoms with Crippen molar-refractivity contribution in [2.75, 3.05) is 7.11 Å². The summed E-state index contributed by atoms with van der Waals surface area (Å²) in [4.78, 5) is 11.1. The van der Waals surface area contributed by atoms with Gasteiger partial charge in [0.15, 0.2) is 6.10 Å². The molecular formula is C10H9ClO3. The SMILES string of the molecule is COC(=O)[C@H]1O[C@@H]1c1ccc(Cl)cc1. The Labute approximate surface area is 86.6 Å². The number of rotatable bonds is 2. The summed E-state index contributed by atoms with van der Waals surface area (Å²) in [7, 11) is 1.35. The van der Waals surface area contributed by atoms with Crippen LogP contribution in [-0.4, -0.2) is 19.2 Å². The number of carbonyl (C=O) groups is 1. The van der Waals surface area contributed by atoms with Crippen molar-refractivity contribution in [2.45, 2.75) is 12.2 Å². The molecule has 0 saturated carbocycles. The second-order valence-electron chi connectivity index (χ2n) is 3.05. The Morgan fingerprint density at radius 1 is 1.43 bits per heavy atom. The van der Waals surface area contributed by atoms with Crippen LogP contribution in [-0.2, 0) is 14.3 Å². The third-order valence-electron chi connectivity index (χ3n) is 2.12. The van der Waals surface area contributed by atoms with Crippen molar-refractivity contribution < 1.29 is 14.3 Å². The van der Waals surface area contributed by atoms with E-state index in [0.717, 1.165) is 5.56 Å². The van der Waals surface area contributed by atoms with Crippen LogP contribution in [0.25, 0.3) is 0 Å². The van der Waals surface area contributed by atoms with Gasteiger partial charge >= 0.3 is 5.97 Å². The molecule has 1 fully saturated rings. The molecule has 2 rings (SSSR count). The Morgan fingerprint density at radius 2 is 2.07 bits per heavy atom. The minimum absolute atomic E-state index is 0.167. The minimum Gasteiger partial charge on any atom is -0.467 e. The topological polar surface area (TPSA) is 38.8 Å². The average molecular weight is 213 g/mol. The lowest BCUT2D eigenvalue weighted by molar-refractivity contribution is -0.142. The van der Waals surface area contributed by atoms with Gasteiger partial charge in [-0.25, -0.2) is 4.79 Å². The van der Waals surface area contributed by atoms with Gasteiger partial charge < -0.3 is 9.47 Å². The summed E-state index contributed by atoms with van der Waals surface area (Å²) in [6.45, 7) is 0. The monoisotopic (exact) mass is 212 g/mol. The summed E-state index contributed by atoms with van der Waals surface area (Å²) < 4.78 is 9.74. The summed E-state index contributed by atoms with van der Waals surface area (Å²) in [5.74, 6) is -0.329. The fourth-order valence-corrected chi connectivity index (χ4v) is 1.44. The lowest BCUT2D eigenvalue weighted by Gasteiger charge is -1.95. The van der Waals surface area contributed by atoms with E-state index in [2.05, 4.69) is 4.74 Å². The highest BCUT2D eigenvalue weighted by molar-refractivity contribution is 6.30. The second kappa shape index (κ2) is 3.59. The van der Waals surface area contributed by atoms with E-state index in [4.69, 9.17) is 16.3 Å². The molecule has 0 N–H and O–H groups in total. The molecule has 4 heteroatoms. The number of carbonyl (C=O) groups excluding carboxylic acids is 1. The highest BCUT2D eigenvalue weighted by Crippen LogP contribution is 2.39. The van der Waals surface area contributed by atoms with Gasteiger partial charge in [0.1, 0.15) is 6.10 Å². The number of ether oxygens (including phenoxy) is 2. The van der Waals surface area contributed by atoms with Crippen molar-refractivity contribution in [1.82, 2.24) is 0 Å². The van der Waals surface area contributed by atoms with Crippen LogP contribution in [0, 0.1) is 0 Å². The van der Waals surface area contributed by atoms with E-state index in [1.54, 1.807) is 12.1 Å². The number of hydrogen-bond donors (Lipinski definition) is 0. The van der Waals surface area contributed by atoms with Crippen LogP contribution in [0.15, 0.2) is 24.3 Å². The first-order chi connectivity index (χ1) is 6.72. The Kier molecular flexibility index (Phi) is 2.44. The maximum Gasteiger partial charge on any atom is 0.338 e. The summed E-state index contributed by atoms with van der Waals surface area (Å²) >= 11 is 5.73. The molecule has 3 nitrogen and oxygen atoms in total. The van der Waals surface area contributed by atoms with Gasteiger partial charge in [0.25, 0.3) is 0 Å². The molecule has 1 aliphatic heterocycles. The molecule has 14 heavy (non-hydrogen) atoms. The fraction of sp³-hybridized carbons (Fsp3) is 0.300. The smallest absolute Gasteiger partial charge is 0.338 e. The van der Waals surface area contributed by atoms with Crippen LogP contribution < -0.4 is 0 Å². The van der Waals surface area contributed by atoms with Gasteiger partial charge in [-0.3, -0.25) is 0 Å². The van der Waals surface area contributed by atoms with Gasteiger partial charge in [-0.2, -0.15) is 0 Å². The Balaban J connectivity index is 2.06. The van der Waals surface area contributed by atoms with Crippen molar-refractivity contribution in [3.63, 3.8) is 0 Å². The lowest BCUT2D eigenvalue weighted by Crippen LogP contribution is -2.09. The first-order valence-corrected chi connectivity index (χ1v) is 4.59. The van der Waals surface area contributed by atoms with Crippen LogP contribution in [0.3, 0.4) is 0 Å². The van der Waals surface area contributed by atoms with Gasteiger partial charge in [-0.1, -0.05) is 23.7 Å². The van der Waals surface area contributed by atoms with Crippen LogP contribution in [0.1, 0.15) is 11.7 Å². The zero-order valence-electron chi connectivity index (χ0n) is 7.57. The molecule has 2 atom stereocenters. The minimum atomic E-state index is -0.443. The number of halogens is 1. The van der Waals surface area contributed by atoms with E-state index in [0.29, 0.717) is 5.02 Å². The molecule has 0 amide bonds. The zero-order chi connectivity index (χ0) is 10.1. The Morgan fingerprint density at radius 3 is 2.64 bits per heavy atom. The number of methoxy groups -OCH3 is 1. The fourth-order valence-electron chi connectivity index (χ4n) is 1.31. The summed E-state index contributed by atoms with van der Waals surface area (Å²) in [6.07, 6.45) is -0.610. The molecule has 1 aliphatic rings. The maximum atomic E-state index is 11.1. The average Bonchev–Trinajstić information content (AvgIpc) is 2.98. The summed E-state index contributed by atoms with van der Waals surface area (Å²) in [5, 5.41) is 0.670. The highest BCUT2D eigenvalue weighted by atomic mass is 35.5. The molecule has 1 aromatic carbocycles. The van der Waals surface area contributed by atoms with E-state index in [-0.39, 0.29) is 12.1 Å². The molecule has 0 bridgehead atoms. The molecule has 0 unspecified atom stereocenters. The van der Waals surface area contributed by atoms with Gasteiger partial charge in [0.2, 0.25) is 0 Å². The third-order valence-corrected chi connectivity index (χ3v) is 2.38. The number of hydrogen-bond acceptors (Lipinski definition) is 3. The molecule has 1 aromatic rings. The lowest BCUT2D eigenvalue weighted by atomic mass is 10.1. The third kappa shape index (κ3) is 1.74. The van der Waals surface area contributed by atoms with Crippen molar-refractivity contribution in [3.05, 3.63) is 34.9 Å². The molecule has 0 spiro atoms. The maximum absolute atomic E-state index is 11.1. The normalized spacial score (nSPS) is 24.4. The summed E-state index contributed by atoms with van der Waals surface area (Å²) in [5.41, 5.74) is 0.949. The molecule has 1 heterocycles. The van der Waals surface area contributed by atoms with Gasteiger partial charge in [-0.15, -0.1) is 0 Å². The van der Waals surface area contributed by atoms with E-state index in [9.17, 15) is 4.79 Å². The predicted octanol–water partition coefficient (Wildman–Crippen LogP) is 1.95. The Bertz CT molecular complexity index is 347. The zero-order valence-corrected chi connectivity index (χ0v) is 8.32. The molecule has 74 valence electrons. The number of benzene rings is 1. The van der Waals surface area contributed by atoms with Crippen molar-refractivity contribution in [1.29, 1.82) is 0 Å². The first kappa shape index (κ1) is 9.49. The predicted molar refractivity (Wildman–Crippen MR) is 51.1 cm³/mol. The van der Waals surface area contributed by atoms with Gasteiger partial charge in [0.05, 0.1) is 7.11 Å². The van der Waals surface area contributed by atoms with E-state index < -0.39 is 6.10 Å². The van der Waals surface area contributed by atoms with E-state index >= 15 is 0 Å². The van der Waals surface area contributed by atoms with Crippen molar-refractivity contribution in [3.8, 4) is 0 Å². The standard InChI is InChI=1S/C10H9ClO3/c1-13-10(12)9-8(14-9)6-2-4-7(11)5-3-6/h2-5,8-9H,1H3/t8-,9+/m1/s1. The molecule has 0 aromatic heterocycles. The quantitative estimate of drug-likeness (QED) is 0.556. The van der Waals surface area contributed by atoms with E-state index in [1.807, 2.05) is 12.1 Å². The van der Waals surface area contributed by atoms with Crippen LogP contribution in [0.2, 0.25) is 5.02 Å². The number of esters is 1. The van der Waals surface area contributed by atoms with Crippen LogP contribution in [0.4, 0.5) is 0 Å². The van der Waals surface area contributed by atoms with E-state index in [1.165, 1.54) is 7.11 Å². The van der Waals surface area contributed by atoms with Gasteiger partial charge in [0, 0.05) is 5.02 Å². The van der Waals surface area contributed by atoms with Gasteiger partial charge in [-0.05, 0) is 17.7 Å². The molecular weight excluding hydrogens is 204 g/mol. The number of epoxide rings is 1. The summed E-state index contributed by atoms with van der Waals surface area (Å²) in [6, 6.07) is 7.23. The first-order valence-electron chi connectivity index (χ1n) is 4.21. The highest BCUT2D eigenvalue weighted by Gasteiger charge is 2.47.